The second kappa shape index (κ2) is 7.89. The van der Waals surface area contributed by atoms with Gasteiger partial charge in [0.2, 0.25) is 0 Å². The molecule has 1 saturated heterocycles. The van der Waals surface area contributed by atoms with E-state index in [-0.39, 0.29) is 22.0 Å². The number of hydrogen-bond acceptors (Lipinski definition) is 4. The fraction of sp³-hybridized carbons (Fsp3) is 0.0455. The Kier molecular flexibility index (Phi) is 5.28. The van der Waals surface area contributed by atoms with Crippen LogP contribution < -0.4 is 4.90 Å². The SMILES string of the molecule is O=C1C(=O)N(c2ccc(F)c(Cl)c2)C(c2ccc(Cl)cc2)/C1=C(\O)c1ccncc1. The van der Waals surface area contributed by atoms with E-state index in [1.165, 1.54) is 41.6 Å². The summed E-state index contributed by atoms with van der Waals surface area (Å²) in [4.78, 5) is 31.0. The minimum absolute atomic E-state index is 0.103. The smallest absolute Gasteiger partial charge is 0.300 e. The van der Waals surface area contributed by atoms with Gasteiger partial charge >= 0.3 is 0 Å². The summed E-state index contributed by atoms with van der Waals surface area (Å²) in [5, 5.41) is 11.2. The fourth-order valence-corrected chi connectivity index (χ4v) is 3.66. The van der Waals surface area contributed by atoms with Gasteiger partial charge in [-0.25, -0.2) is 4.39 Å². The third-order valence-electron chi connectivity index (χ3n) is 4.77. The topological polar surface area (TPSA) is 70.5 Å². The highest BCUT2D eigenvalue weighted by Gasteiger charge is 2.47. The Bertz CT molecular complexity index is 1180. The maximum Gasteiger partial charge on any atom is 0.300 e. The molecule has 0 aliphatic carbocycles. The minimum atomic E-state index is -0.961. The van der Waals surface area contributed by atoms with E-state index in [9.17, 15) is 19.1 Å². The van der Waals surface area contributed by atoms with Crippen molar-refractivity contribution in [1.82, 2.24) is 4.98 Å². The van der Waals surface area contributed by atoms with E-state index in [1.807, 2.05) is 0 Å². The molecule has 1 N–H and O–H groups in total. The number of aromatic nitrogens is 1. The van der Waals surface area contributed by atoms with Crippen molar-refractivity contribution in [3.05, 3.63) is 99.6 Å². The van der Waals surface area contributed by atoms with E-state index in [2.05, 4.69) is 4.98 Å². The lowest BCUT2D eigenvalue weighted by Crippen LogP contribution is -2.29. The van der Waals surface area contributed by atoms with Crippen LogP contribution in [0, 0.1) is 5.82 Å². The predicted octanol–water partition coefficient (Wildman–Crippen LogP) is 5.15. The lowest BCUT2D eigenvalue weighted by atomic mass is 9.95. The number of carbonyl (C=O) groups is 2. The molecule has 1 aliphatic rings. The average molecular weight is 443 g/mol. The van der Waals surface area contributed by atoms with Crippen molar-refractivity contribution in [3.8, 4) is 0 Å². The summed E-state index contributed by atoms with van der Waals surface area (Å²) < 4.78 is 13.7. The second-order valence-corrected chi connectivity index (χ2v) is 7.40. The summed E-state index contributed by atoms with van der Waals surface area (Å²) in [5.41, 5.74) is 0.986. The Morgan fingerprint density at radius 1 is 1.00 bits per heavy atom. The minimum Gasteiger partial charge on any atom is -0.507 e. The van der Waals surface area contributed by atoms with E-state index in [1.54, 1.807) is 24.3 Å². The number of benzene rings is 2. The Balaban J connectivity index is 1.95. The van der Waals surface area contributed by atoms with Gasteiger partial charge in [-0.2, -0.15) is 0 Å². The number of pyridine rings is 1. The Morgan fingerprint density at radius 3 is 2.30 bits per heavy atom. The number of nitrogens with zero attached hydrogens (tertiary/aromatic N) is 2. The van der Waals surface area contributed by atoms with Crippen LogP contribution in [0.4, 0.5) is 10.1 Å². The zero-order valence-electron chi connectivity index (χ0n) is 15.2. The average Bonchev–Trinajstić information content (AvgIpc) is 3.01. The summed E-state index contributed by atoms with van der Waals surface area (Å²) in [6.07, 6.45) is 2.92. The summed E-state index contributed by atoms with van der Waals surface area (Å²) in [6, 6.07) is 12.3. The molecular formula is C22H13Cl2FN2O3. The van der Waals surface area contributed by atoms with Crippen molar-refractivity contribution in [2.75, 3.05) is 4.90 Å². The third kappa shape index (κ3) is 3.44. The summed E-state index contributed by atoms with van der Waals surface area (Å²) in [5.74, 6) is -2.74. The summed E-state index contributed by atoms with van der Waals surface area (Å²) in [6.45, 7) is 0. The van der Waals surface area contributed by atoms with Crippen LogP contribution in [0.3, 0.4) is 0 Å². The molecule has 4 rings (SSSR count). The van der Waals surface area contributed by atoms with Gasteiger partial charge in [0, 0.05) is 28.7 Å². The number of halogens is 3. The predicted molar refractivity (Wildman–Crippen MR) is 112 cm³/mol. The van der Waals surface area contributed by atoms with Gasteiger partial charge in [-0.3, -0.25) is 19.5 Å². The number of hydrogen-bond donors (Lipinski definition) is 1. The molecule has 2 heterocycles. The molecule has 8 heteroatoms. The van der Waals surface area contributed by atoms with Crippen LogP contribution in [0.5, 0.6) is 0 Å². The van der Waals surface area contributed by atoms with Crippen molar-refractivity contribution < 1.29 is 19.1 Å². The van der Waals surface area contributed by atoms with Crippen LogP contribution >= 0.6 is 23.2 Å². The lowest BCUT2D eigenvalue weighted by Gasteiger charge is -2.25. The first-order valence-corrected chi connectivity index (χ1v) is 9.56. The monoisotopic (exact) mass is 442 g/mol. The van der Waals surface area contributed by atoms with Gasteiger partial charge in [0.15, 0.2) is 0 Å². The molecule has 0 spiro atoms. The van der Waals surface area contributed by atoms with Crippen LogP contribution in [0.15, 0.2) is 72.6 Å². The van der Waals surface area contributed by atoms with Crippen LogP contribution in [-0.4, -0.2) is 21.8 Å². The van der Waals surface area contributed by atoms with E-state index in [4.69, 9.17) is 23.2 Å². The number of aliphatic hydroxyl groups excluding tert-OH is 1. The number of carbonyl (C=O) groups excluding carboxylic acids is 2. The number of ketones is 1. The molecule has 2 aromatic carbocycles. The Morgan fingerprint density at radius 2 is 1.67 bits per heavy atom. The molecule has 1 unspecified atom stereocenters. The first-order chi connectivity index (χ1) is 14.4. The Labute approximate surface area is 181 Å². The lowest BCUT2D eigenvalue weighted by molar-refractivity contribution is -0.132. The van der Waals surface area contributed by atoms with Crippen molar-refractivity contribution in [2.45, 2.75) is 6.04 Å². The van der Waals surface area contributed by atoms with E-state index < -0.39 is 23.5 Å². The van der Waals surface area contributed by atoms with Crippen molar-refractivity contribution in [1.29, 1.82) is 0 Å². The molecule has 150 valence electrons. The summed E-state index contributed by atoms with van der Waals surface area (Å²) >= 11 is 11.9. The molecule has 0 bridgehead atoms. The molecule has 0 saturated carbocycles. The number of aliphatic hydroxyl groups is 1. The second-order valence-electron chi connectivity index (χ2n) is 6.55. The first-order valence-electron chi connectivity index (χ1n) is 8.80. The fourth-order valence-electron chi connectivity index (χ4n) is 3.36. The molecule has 0 radical (unpaired) electrons. The Hall–Kier alpha value is -3.22. The molecule has 1 amide bonds. The van der Waals surface area contributed by atoms with Crippen LogP contribution in [0.1, 0.15) is 17.2 Å². The molecule has 1 fully saturated rings. The maximum atomic E-state index is 13.7. The quantitative estimate of drug-likeness (QED) is 0.345. The molecular weight excluding hydrogens is 430 g/mol. The largest absolute Gasteiger partial charge is 0.507 e. The number of Topliss-reactive ketones (excluding diaryl/α,β-unsaturated/α-hetero) is 1. The standard InChI is InChI=1S/C22H13Cl2FN2O3/c23-14-3-1-12(2-4-14)19-18(20(28)13-7-9-26-10-8-13)21(29)22(30)27(19)15-5-6-17(25)16(24)11-15/h1-11,19,28H/b20-18+. The van der Waals surface area contributed by atoms with E-state index in [0.29, 0.717) is 16.1 Å². The molecule has 30 heavy (non-hydrogen) atoms. The van der Waals surface area contributed by atoms with Gasteiger partial charge < -0.3 is 5.11 Å². The van der Waals surface area contributed by atoms with Crippen molar-refractivity contribution in [3.63, 3.8) is 0 Å². The van der Waals surface area contributed by atoms with E-state index in [0.717, 1.165) is 6.07 Å². The van der Waals surface area contributed by atoms with Crippen LogP contribution in [0.2, 0.25) is 10.0 Å². The van der Waals surface area contributed by atoms with Crippen LogP contribution in [-0.2, 0) is 9.59 Å². The summed E-state index contributed by atoms with van der Waals surface area (Å²) in [7, 11) is 0. The third-order valence-corrected chi connectivity index (χ3v) is 5.31. The van der Waals surface area contributed by atoms with Crippen molar-refractivity contribution >= 4 is 46.3 Å². The van der Waals surface area contributed by atoms with Gasteiger partial charge in [-0.1, -0.05) is 35.3 Å². The van der Waals surface area contributed by atoms with Gasteiger partial charge in [0.1, 0.15) is 11.6 Å². The molecule has 3 aromatic rings. The maximum absolute atomic E-state index is 13.7. The highest BCUT2D eigenvalue weighted by atomic mass is 35.5. The molecule has 1 atom stereocenters. The van der Waals surface area contributed by atoms with Gasteiger partial charge in [0.05, 0.1) is 16.6 Å². The van der Waals surface area contributed by atoms with Gasteiger partial charge in [0.25, 0.3) is 11.7 Å². The molecule has 1 aromatic heterocycles. The highest BCUT2D eigenvalue weighted by molar-refractivity contribution is 6.51. The zero-order chi connectivity index (χ0) is 21.4. The normalized spacial score (nSPS) is 18.1. The van der Waals surface area contributed by atoms with Crippen LogP contribution in [0.25, 0.3) is 5.76 Å². The van der Waals surface area contributed by atoms with Gasteiger partial charge in [-0.15, -0.1) is 0 Å². The van der Waals surface area contributed by atoms with Gasteiger partial charge in [-0.05, 0) is 48.0 Å². The first kappa shape index (κ1) is 20.1. The highest BCUT2D eigenvalue weighted by Crippen LogP contribution is 2.42. The zero-order valence-corrected chi connectivity index (χ0v) is 16.7. The molecule has 5 nitrogen and oxygen atoms in total. The number of anilines is 1. The molecule has 1 aliphatic heterocycles. The number of rotatable bonds is 3. The number of amides is 1. The van der Waals surface area contributed by atoms with E-state index >= 15 is 0 Å². The van der Waals surface area contributed by atoms with Crippen molar-refractivity contribution in [2.24, 2.45) is 0 Å².